The van der Waals surface area contributed by atoms with Crippen molar-refractivity contribution in [3.05, 3.63) is 57.9 Å². The summed E-state index contributed by atoms with van der Waals surface area (Å²) < 4.78 is 38.1. The van der Waals surface area contributed by atoms with E-state index in [1.165, 1.54) is 15.6 Å². The Morgan fingerprint density at radius 2 is 1.94 bits per heavy atom. The number of sulfonamides is 1. The van der Waals surface area contributed by atoms with Crippen LogP contribution in [0, 0.1) is 0 Å². The summed E-state index contributed by atoms with van der Waals surface area (Å²) in [6, 6.07) is 11.9. The predicted molar refractivity (Wildman–Crippen MR) is 131 cm³/mol. The van der Waals surface area contributed by atoms with Crippen LogP contribution in [0.5, 0.6) is 5.75 Å². The van der Waals surface area contributed by atoms with E-state index in [0.717, 1.165) is 5.56 Å². The number of thiazole rings is 1. The van der Waals surface area contributed by atoms with Crippen molar-refractivity contribution in [3.8, 4) is 17.0 Å². The molecule has 0 aliphatic carbocycles. The molecule has 2 aromatic carbocycles. The van der Waals surface area contributed by atoms with Gasteiger partial charge in [-0.05, 0) is 46.3 Å². The van der Waals surface area contributed by atoms with Crippen LogP contribution in [0.15, 0.2) is 57.2 Å². The molecule has 1 aromatic heterocycles. The molecule has 1 fully saturated rings. The number of nitrogens with one attached hydrogen (secondary N) is 1. The SMILES string of the molecule is COc1ccc(C(=O)CNc2nc(-c3ccc(S(=O)(=O)N4CCOCC4)cc3)cs2)cc1Br. The lowest BCUT2D eigenvalue weighted by molar-refractivity contribution is 0.0730. The fourth-order valence-corrected chi connectivity index (χ4v) is 5.99. The number of carbonyl (C=O) groups is 1. The molecule has 0 saturated carbocycles. The zero-order chi connectivity index (χ0) is 23.4. The van der Waals surface area contributed by atoms with Crippen LogP contribution in [-0.4, -0.2) is 63.4 Å². The quantitative estimate of drug-likeness (QED) is 0.424. The van der Waals surface area contributed by atoms with Crippen molar-refractivity contribution in [1.29, 1.82) is 0 Å². The number of hydrogen-bond donors (Lipinski definition) is 1. The third-order valence-electron chi connectivity index (χ3n) is 5.14. The number of nitrogens with zero attached hydrogens (tertiary/aromatic N) is 2. The first-order valence-electron chi connectivity index (χ1n) is 10.1. The number of anilines is 1. The molecule has 1 N–H and O–H groups in total. The van der Waals surface area contributed by atoms with Crippen molar-refractivity contribution < 1.29 is 22.7 Å². The highest BCUT2D eigenvalue weighted by molar-refractivity contribution is 9.10. The minimum atomic E-state index is -3.53. The second-order valence-electron chi connectivity index (χ2n) is 7.20. The maximum absolute atomic E-state index is 12.8. The minimum absolute atomic E-state index is 0.0761. The molecule has 11 heteroatoms. The highest BCUT2D eigenvalue weighted by Crippen LogP contribution is 2.28. The lowest BCUT2D eigenvalue weighted by atomic mass is 10.1. The van der Waals surface area contributed by atoms with E-state index in [1.807, 2.05) is 5.38 Å². The van der Waals surface area contributed by atoms with Gasteiger partial charge in [-0.1, -0.05) is 12.1 Å². The number of carbonyl (C=O) groups excluding carboxylic acids is 1. The Morgan fingerprint density at radius 3 is 2.61 bits per heavy atom. The molecule has 4 rings (SSSR count). The van der Waals surface area contributed by atoms with Crippen molar-refractivity contribution in [3.63, 3.8) is 0 Å². The van der Waals surface area contributed by atoms with Gasteiger partial charge in [0.2, 0.25) is 10.0 Å². The molecule has 8 nitrogen and oxygen atoms in total. The number of aromatic nitrogens is 1. The van der Waals surface area contributed by atoms with Crippen molar-refractivity contribution in [2.24, 2.45) is 0 Å². The summed E-state index contributed by atoms with van der Waals surface area (Å²) in [5.74, 6) is 0.584. The van der Waals surface area contributed by atoms with E-state index in [4.69, 9.17) is 9.47 Å². The first-order chi connectivity index (χ1) is 15.9. The van der Waals surface area contributed by atoms with Gasteiger partial charge in [0.1, 0.15) is 5.75 Å². The molecule has 0 bridgehead atoms. The summed E-state index contributed by atoms with van der Waals surface area (Å²) in [7, 11) is -1.96. The fourth-order valence-electron chi connectivity index (χ4n) is 3.32. The van der Waals surface area contributed by atoms with Crippen LogP contribution in [0.1, 0.15) is 10.4 Å². The number of benzene rings is 2. The molecular formula is C22H22BrN3O5S2. The van der Waals surface area contributed by atoms with E-state index in [-0.39, 0.29) is 17.2 Å². The summed E-state index contributed by atoms with van der Waals surface area (Å²) in [4.78, 5) is 17.3. The van der Waals surface area contributed by atoms with Gasteiger partial charge in [0, 0.05) is 29.6 Å². The molecule has 0 atom stereocenters. The van der Waals surface area contributed by atoms with Crippen LogP contribution >= 0.6 is 27.3 Å². The fraction of sp³-hybridized carbons (Fsp3) is 0.273. The third-order valence-corrected chi connectivity index (χ3v) is 8.47. The van der Waals surface area contributed by atoms with Gasteiger partial charge in [-0.2, -0.15) is 4.31 Å². The number of ketones is 1. The largest absolute Gasteiger partial charge is 0.496 e. The molecular weight excluding hydrogens is 530 g/mol. The van der Waals surface area contributed by atoms with Gasteiger partial charge >= 0.3 is 0 Å². The number of rotatable bonds is 8. The van der Waals surface area contributed by atoms with Gasteiger partial charge in [0.25, 0.3) is 0 Å². The maximum atomic E-state index is 12.8. The molecule has 1 saturated heterocycles. The Bertz CT molecular complexity index is 1240. The second kappa shape index (κ2) is 10.3. The predicted octanol–water partition coefficient (Wildman–Crippen LogP) is 3.90. The molecule has 3 aromatic rings. The normalized spacial score (nSPS) is 14.7. The van der Waals surface area contributed by atoms with Crippen molar-refractivity contribution in [2.45, 2.75) is 4.90 Å². The Morgan fingerprint density at radius 1 is 1.21 bits per heavy atom. The first kappa shape index (κ1) is 23.8. The molecule has 0 radical (unpaired) electrons. The Balaban J connectivity index is 1.40. The van der Waals surface area contributed by atoms with E-state index >= 15 is 0 Å². The second-order valence-corrected chi connectivity index (χ2v) is 10.9. The Kier molecular flexibility index (Phi) is 7.45. The van der Waals surface area contributed by atoms with Crippen LogP contribution in [0.3, 0.4) is 0 Å². The molecule has 33 heavy (non-hydrogen) atoms. The first-order valence-corrected chi connectivity index (χ1v) is 13.2. The van der Waals surface area contributed by atoms with Crippen LogP contribution < -0.4 is 10.1 Å². The van der Waals surface area contributed by atoms with E-state index in [2.05, 4.69) is 26.2 Å². The standard InChI is InChI=1S/C22H22BrN3O5S2/c1-30-21-7-4-16(12-18(21)23)20(27)13-24-22-25-19(14-32-22)15-2-5-17(6-3-15)33(28,29)26-8-10-31-11-9-26/h2-7,12,14H,8-11,13H2,1H3,(H,24,25). The molecule has 174 valence electrons. The smallest absolute Gasteiger partial charge is 0.243 e. The third kappa shape index (κ3) is 5.44. The number of Topliss-reactive ketones (excluding diaryl/α,β-unsaturated/α-hetero) is 1. The van der Waals surface area contributed by atoms with Gasteiger partial charge in [-0.25, -0.2) is 13.4 Å². The van der Waals surface area contributed by atoms with Crippen LogP contribution in [0.25, 0.3) is 11.3 Å². The number of ether oxygens (including phenoxy) is 2. The maximum Gasteiger partial charge on any atom is 0.243 e. The van der Waals surface area contributed by atoms with Gasteiger partial charge in [-0.3, -0.25) is 4.79 Å². The van der Waals surface area contributed by atoms with E-state index < -0.39 is 10.0 Å². The minimum Gasteiger partial charge on any atom is -0.496 e. The lowest BCUT2D eigenvalue weighted by Crippen LogP contribution is -2.40. The van der Waals surface area contributed by atoms with Gasteiger partial charge < -0.3 is 14.8 Å². The van der Waals surface area contributed by atoms with Crippen molar-refractivity contribution in [2.75, 3.05) is 45.3 Å². The summed E-state index contributed by atoms with van der Waals surface area (Å²) in [6.45, 7) is 1.63. The van der Waals surface area contributed by atoms with Crippen LogP contribution in [-0.2, 0) is 14.8 Å². The van der Waals surface area contributed by atoms with Gasteiger partial charge in [-0.15, -0.1) is 11.3 Å². The zero-order valence-electron chi connectivity index (χ0n) is 17.8. The average Bonchev–Trinajstić information content (AvgIpc) is 3.32. The lowest BCUT2D eigenvalue weighted by Gasteiger charge is -2.26. The summed E-state index contributed by atoms with van der Waals surface area (Å²) in [6.07, 6.45) is 0. The number of hydrogen-bond acceptors (Lipinski definition) is 8. The van der Waals surface area contributed by atoms with Gasteiger partial charge in [0.05, 0.1) is 41.9 Å². The van der Waals surface area contributed by atoms with Crippen molar-refractivity contribution in [1.82, 2.24) is 9.29 Å². The zero-order valence-corrected chi connectivity index (χ0v) is 21.0. The molecule has 0 amide bonds. The number of methoxy groups -OCH3 is 1. The van der Waals surface area contributed by atoms with Gasteiger partial charge in [0.15, 0.2) is 10.9 Å². The summed E-state index contributed by atoms with van der Waals surface area (Å²) >= 11 is 4.77. The molecule has 0 spiro atoms. The molecule has 1 aliphatic rings. The highest BCUT2D eigenvalue weighted by Gasteiger charge is 2.26. The van der Waals surface area contributed by atoms with E-state index in [0.29, 0.717) is 52.9 Å². The summed E-state index contributed by atoms with van der Waals surface area (Å²) in [5.41, 5.74) is 2.06. The molecule has 1 aliphatic heterocycles. The average molecular weight is 552 g/mol. The highest BCUT2D eigenvalue weighted by atomic mass is 79.9. The molecule has 2 heterocycles. The van der Waals surface area contributed by atoms with E-state index in [1.54, 1.807) is 49.6 Å². The van der Waals surface area contributed by atoms with E-state index in [9.17, 15) is 13.2 Å². The summed E-state index contributed by atoms with van der Waals surface area (Å²) in [5, 5.41) is 5.53. The molecule has 0 unspecified atom stereocenters. The number of morpholine rings is 1. The van der Waals surface area contributed by atoms with Crippen LogP contribution in [0.2, 0.25) is 0 Å². The number of halogens is 1. The van der Waals surface area contributed by atoms with Crippen LogP contribution in [0.4, 0.5) is 5.13 Å². The monoisotopic (exact) mass is 551 g/mol. The Labute approximate surface area is 204 Å². The topological polar surface area (TPSA) is 97.8 Å². The van der Waals surface area contributed by atoms with Crippen molar-refractivity contribution >= 4 is 48.2 Å². The Hall–Kier alpha value is -2.31.